The molecular weight excluding hydrogens is 623 g/mol. The maximum absolute atomic E-state index is 2.40. The number of nitrogens with zero attached hydrogens (tertiary/aromatic N) is 1. The molecule has 234 valence electrons. The topological polar surface area (TPSA) is 3.24 Å². The Hall–Kier alpha value is -6.22. The quantitative estimate of drug-likeness (QED) is 0.167. The Morgan fingerprint density at radius 2 is 0.900 bits per heavy atom. The van der Waals surface area contributed by atoms with Crippen LogP contribution in [-0.4, -0.2) is 0 Å². The van der Waals surface area contributed by atoms with E-state index in [9.17, 15) is 0 Å². The zero-order valence-corrected chi connectivity index (χ0v) is 28.1. The van der Waals surface area contributed by atoms with E-state index in [-0.39, 0.29) is 0 Å². The van der Waals surface area contributed by atoms with Gasteiger partial charge in [-0.2, -0.15) is 0 Å². The zero-order valence-electron chi connectivity index (χ0n) is 27.3. The minimum atomic E-state index is 1.12. The highest BCUT2D eigenvalue weighted by Gasteiger charge is 2.16. The second-order valence-corrected chi connectivity index (χ2v) is 14.0. The van der Waals surface area contributed by atoms with Gasteiger partial charge in [0, 0.05) is 37.2 Å². The molecule has 0 unspecified atom stereocenters. The van der Waals surface area contributed by atoms with Crippen LogP contribution in [0, 0.1) is 0 Å². The molecule has 0 bridgehead atoms. The molecule has 0 atom stereocenters. The van der Waals surface area contributed by atoms with Gasteiger partial charge in [-0.05, 0) is 103 Å². The van der Waals surface area contributed by atoms with Crippen LogP contribution >= 0.6 is 11.3 Å². The first-order chi connectivity index (χ1) is 24.8. The number of thiophene rings is 1. The van der Waals surface area contributed by atoms with Crippen LogP contribution in [0.2, 0.25) is 0 Å². The molecule has 50 heavy (non-hydrogen) atoms. The molecule has 9 aromatic carbocycles. The Morgan fingerprint density at radius 3 is 1.78 bits per heavy atom. The number of anilines is 3. The van der Waals surface area contributed by atoms with E-state index in [1.54, 1.807) is 0 Å². The van der Waals surface area contributed by atoms with Gasteiger partial charge in [-0.1, -0.05) is 140 Å². The van der Waals surface area contributed by atoms with Gasteiger partial charge < -0.3 is 4.90 Å². The summed E-state index contributed by atoms with van der Waals surface area (Å²) in [6.45, 7) is 0. The van der Waals surface area contributed by atoms with E-state index in [2.05, 4.69) is 193 Å². The van der Waals surface area contributed by atoms with Gasteiger partial charge in [-0.15, -0.1) is 11.3 Å². The van der Waals surface area contributed by atoms with E-state index in [4.69, 9.17) is 0 Å². The highest BCUT2D eigenvalue weighted by atomic mass is 32.1. The molecule has 0 aliphatic rings. The first kappa shape index (κ1) is 28.8. The van der Waals surface area contributed by atoms with Gasteiger partial charge in [-0.25, -0.2) is 0 Å². The molecular formula is C48H31NS. The van der Waals surface area contributed by atoms with E-state index in [0.717, 1.165) is 17.1 Å². The maximum Gasteiger partial charge on any atom is 0.0476 e. The zero-order chi connectivity index (χ0) is 33.0. The maximum atomic E-state index is 2.40. The van der Waals surface area contributed by atoms with Crippen LogP contribution in [-0.2, 0) is 0 Å². The molecule has 10 rings (SSSR count). The Balaban J connectivity index is 1.10. The van der Waals surface area contributed by atoms with Crippen molar-refractivity contribution >= 4 is 80.9 Å². The fourth-order valence-corrected chi connectivity index (χ4v) is 8.73. The summed E-state index contributed by atoms with van der Waals surface area (Å²) < 4.78 is 2.61. The van der Waals surface area contributed by atoms with Gasteiger partial charge >= 0.3 is 0 Å². The molecule has 1 aromatic heterocycles. The molecule has 1 heterocycles. The average Bonchev–Trinajstić information content (AvgIpc) is 3.56. The van der Waals surface area contributed by atoms with Crippen molar-refractivity contribution in [3.63, 3.8) is 0 Å². The first-order valence-corrected chi connectivity index (χ1v) is 17.9. The van der Waals surface area contributed by atoms with Crippen LogP contribution in [0.4, 0.5) is 17.1 Å². The monoisotopic (exact) mass is 653 g/mol. The lowest BCUT2D eigenvalue weighted by molar-refractivity contribution is 1.29. The third-order valence-corrected chi connectivity index (χ3v) is 11.2. The van der Waals surface area contributed by atoms with E-state index >= 15 is 0 Å². The third kappa shape index (κ3) is 4.84. The van der Waals surface area contributed by atoms with Gasteiger partial charge in [-0.3, -0.25) is 0 Å². The SMILES string of the molecule is c1cc(-c2cccc3ccccc23)cc(N(c2ccc(-c3ccc4c(ccc5ccccc54)c3)cc2)c2ccc3c(c2)sc2ccccc23)c1. The summed E-state index contributed by atoms with van der Waals surface area (Å²) in [6, 6.07) is 68.8. The van der Waals surface area contributed by atoms with Crippen LogP contribution < -0.4 is 4.90 Å². The smallest absolute Gasteiger partial charge is 0.0476 e. The fourth-order valence-electron chi connectivity index (χ4n) is 7.59. The highest BCUT2D eigenvalue weighted by Crippen LogP contribution is 2.42. The van der Waals surface area contributed by atoms with Crippen molar-refractivity contribution in [1.29, 1.82) is 0 Å². The Bertz CT molecular complexity index is 2870. The van der Waals surface area contributed by atoms with Crippen molar-refractivity contribution in [3.8, 4) is 22.3 Å². The van der Waals surface area contributed by atoms with Gasteiger partial charge in [0.15, 0.2) is 0 Å². The summed E-state index contributed by atoms with van der Waals surface area (Å²) >= 11 is 1.86. The van der Waals surface area contributed by atoms with Crippen LogP contribution in [0.3, 0.4) is 0 Å². The molecule has 0 fully saturated rings. The van der Waals surface area contributed by atoms with Crippen LogP contribution in [0.1, 0.15) is 0 Å². The van der Waals surface area contributed by atoms with Crippen molar-refractivity contribution in [1.82, 2.24) is 0 Å². The largest absolute Gasteiger partial charge is 0.310 e. The molecule has 0 aliphatic carbocycles. The number of fused-ring (bicyclic) bond motifs is 7. The van der Waals surface area contributed by atoms with Crippen molar-refractivity contribution in [2.75, 3.05) is 4.90 Å². The summed E-state index contributed by atoms with van der Waals surface area (Å²) in [4.78, 5) is 2.40. The Morgan fingerprint density at radius 1 is 0.300 bits per heavy atom. The predicted molar refractivity (Wildman–Crippen MR) is 217 cm³/mol. The van der Waals surface area contributed by atoms with E-state index in [1.807, 2.05) is 11.3 Å². The second kappa shape index (κ2) is 11.7. The fraction of sp³-hybridized carbons (Fsp3) is 0. The molecule has 0 amide bonds. The van der Waals surface area contributed by atoms with Gasteiger partial charge in [0.1, 0.15) is 0 Å². The lowest BCUT2D eigenvalue weighted by atomic mass is 9.97. The van der Waals surface area contributed by atoms with Crippen LogP contribution in [0.25, 0.3) is 74.7 Å². The van der Waals surface area contributed by atoms with Crippen LogP contribution in [0.5, 0.6) is 0 Å². The van der Waals surface area contributed by atoms with E-state index < -0.39 is 0 Å². The van der Waals surface area contributed by atoms with Crippen molar-refractivity contribution in [3.05, 3.63) is 188 Å². The summed E-state index contributed by atoms with van der Waals surface area (Å²) in [5, 5.41) is 10.2. The molecule has 0 saturated carbocycles. The average molecular weight is 654 g/mol. The number of benzene rings is 9. The molecule has 0 N–H and O–H groups in total. The minimum Gasteiger partial charge on any atom is -0.310 e. The lowest BCUT2D eigenvalue weighted by Gasteiger charge is -2.26. The Kier molecular flexibility index (Phi) is 6.75. The molecule has 1 nitrogen and oxygen atoms in total. The number of hydrogen-bond donors (Lipinski definition) is 0. The second-order valence-electron chi connectivity index (χ2n) is 13.0. The normalized spacial score (nSPS) is 11.6. The van der Waals surface area contributed by atoms with Crippen molar-refractivity contribution in [2.24, 2.45) is 0 Å². The summed E-state index contributed by atoms with van der Waals surface area (Å²) in [5.74, 6) is 0. The molecule has 0 radical (unpaired) electrons. The number of hydrogen-bond acceptors (Lipinski definition) is 2. The highest BCUT2D eigenvalue weighted by molar-refractivity contribution is 7.25. The van der Waals surface area contributed by atoms with Gasteiger partial charge in [0.05, 0.1) is 0 Å². The minimum absolute atomic E-state index is 1.12. The number of rotatable bonds is 5. The molecule has 0 saturated heterocycles. The molecule has 0 aliphatic heterocycles. The summed E-state index contributed by atoms with van der Waals surface area (Å²) in [6.07, 6.45) is 0. The first-order valence-electron chi connectivity index (χ1n) is 17.1. The summed E-state index contributed by atoms with van der Waals surface area (Å²) in [5.41, 5.74) is 8.25. The third-order valence-electron chi connectivity index (χ3n) is 10.0. The summed E-state index contributed by atoms with van der Waals surface area (Å²) in [7, 11) is 0. The molecule has 10 aromatic rings. The van der Waals surface area contributed by atoms with Gasteiger partial charge in [0.2, 0.25) is 0 Å². The standard InChI is InChI=1S/C48H31NS/c1-3-14-41-33(9-1)11-8-17-43(41)36-12-7-13-39(30-36)49(40-26-28-46-45-16-5-6-18-47(45)50-48(46)31-40)38-24-21-32(22-25-38)35-23-27-44-37(29-35)20-19-34-10-2-4-15-42(34)44/h1-31H. The van der Waals surface area contributed by atoms with Crippen molar-refractivity contribution in [2.45, 2.75) is 0 Å². The van der Waals surface area contributed by atoms with E-state index in [0.29, 0.717) is 0 Å². The predicted octanol–water partition coefficient (Wildman–Crippen LogP) is 14.3. The van der Waals surface area contributed by atoms with E-state index in [1.165, 1.54) is 74.7 Å². The Labute approximate surface area is 294 Å². The van der Waals surface area contributed by atoms with Crippen molar-refractivity contribution < 1.29 is 0 Å². The van der Waals surface area contributed by atoms with Crippen LogP contribution in [0.15, 0.2) is 188 Å². The van der Waals surface area contributed by atoms with Gasteiger partial charge in [0.25, 0.3) is 0 Å². The lowest BCUT2D eigenvalue weighted by Crippen LogP contribution is -2.10. The molecule has 2 heteroatoms. The molecule has 0 spiro atoms.